The molecule has 1 N–H and O–H groups in total. The van der Waals surface area contributed by atoms with Crippen molar-refractivity contribution in [3.05, 3.63) is 58.6 Å². The number of esters is 1. The maximum absolute atomic E-state index is 12.2. The normalized spacial score (nSPS) is 11.4. The zero-order valence-corrected chi connectivity index (χ0v) is 15.5. The summed E-state index contributed by atoms with van der Waals surface area (Å²) in [6.07, 6.45) is 0. The summed E-state index contributed by atoms with van der Waals surface area (Å²) in [5, 5.41) is 3.34. The Kier molecular flexibility index (Phi) is 6.86. The number of rotatable bonds is 7. The highest BCUT2D eigenvalue weighted by molar-refractivity contribution is 6.30. The molecule has 0 aliphatic carbocycles. The molecule has 138 valence electrons. The third kappa shape index (κ3) is 5.39. The van der Waals surface area contributed by atoms with Crippen LogP contribution in [0.4, 0.5) is 0 Å². The van der Waals surface area contributed by atoms with E-state index in [1.165, 1.54) is 26.4 Å². The molecule has 0 fully saturated rings. The molecule has 0 radical (unpaired) electrons. The van der Waals surface area contributed by atoms with E-state index in [0.717, 1.165) is 5.56 Å². The summed E-state index contributed by atoms with van der Waals surface area (Å²) >= 11 is 5.94. The lowest BCUT2D eigenvalue weighted by Gasteiger charge is -2.15. The average molecular weight is 378 g/mol. The van der Waals surface area contributed by atoms with E-state index in [1.807, 2.05) is 13.0 Å². The number of methoxy groups -OCH3 is 2. The zero-order valence-electron chi connectivity index (χ0n) is 14.7. The SMILES string of the molecule is COc1cc(OC)cc(C(=O)OCC(=O)N[C@@H](C)c2cccc(Cl)c2)c1. The Morgan fingerprint density at radius 3 is 2.31 bits per heavy atom. The number of halogens is 1. The molecule has 0 aliphatic rings. The fraction of sp³-hybridized carbons (Fsp3) is 0.263. The van der Waals surface area contributed by atoms with Crippen molar-refractivity contribution in [3.8, 4) is 11.5 Å². The largest absolute Gasteiger partial charge is 0.497 e. The molecule has 2 aromatic carbocycles. The monoisotopic (exact) mass is 377 g/mol. The second-order valence-corrected chi connectivity index (χ2v) is 5.96. The molecule has 1 amide bonds. The van der Waals surface area contributed by atoms with Gasteiger partial charge in [0.2, 0.25) is 0 Å². The standard InChI is InChI=1S/C19H20ClNO5/c1-12(13-5-4-6-15(20)7-13)21-18(22)11-26-19(23)14-8-16(24-2)10-17(9-14)25-3/h4-10,12H,11H2,1-3H3,(H,21,22)/t12-/m0/s1. The molecule has 2 aromatic rings. The van der Waals surface area contributed by atoms with Gasteiger partial charge in [-0.25, -0.2) is 4.79 Å². The number of nitrogens with one attached hydrogen (secondary N) is 1. The van der Waals surface area contributed by atoms with Gasteiger partial charge in [-0.1, -0.05) is 23.7 Å². The molecular formula is C19H20ClNO5. The van der Waals surface area contributed by atoms with Gasteiger partial charge in [-0.2, -0.15) is 0 Å². The van der Waals surface area contributed by atoms with Crippen molar-refractivity contribution in [2.45, 2.75) is 13.0 Å². The van der Waals surface area contributed by atoms with E-state index in [2.05, 4.69) is 5.32 Å². The molecule has 0 bridgehead atoms. The fourth-order valence-corrected chi connectivity index (χ4v) is 2.48. The van der Waals surface area contributed by atoms with Crippen LogP contribution in [0.25, 0.3) is 0 Å². The molecule has 0 spiro atoms. The van der Waals surface area contributed by atoms with E-state index in [-0.39, 0.29) is 11.6 Å². The number of carbonyl (C=O) groups is 2. The van der Waals surface area contributed by atoms with Crippen LogP contribution in [0.1, 0.15) is 28.9 Å². The van der Waals surface area contributed by atoms with Crippen LogP contribution < -0.4 is 14.8 Å². The van der Waals surface area contributed by atoms with E-state index in [4.69, 9.17) is 25.8 Å². The molecule has 26 heavy (non-hydrogen) atoms. The van der Waals surface area contributed by atoms with Gasteiger partial charge in [0, 0.05) is 11.1 Å². The van der Waals surface area contributed by atoms with Crippen LogP contribution >= 0.6 is 11.6 Å². The Morgan fingerprint density at radius 1 is 1.08 bits per heavy atom. The lowest BCUT2D eigenvalue weighted by atomic mass is 10.1. The molecule has 7 heteroatoms. The summed E-state index contributed by atoms with van der Waals surface area (Å²) in [5.74, 6) is -0.154. The summed E-state index contributed by atoms with van der Waals surface area (Å²) in [6, 6.07) is 11.6. The molecule has 0 aromatic heterocycles. The molecule has 0 unspecified atom stereocenters. The van der Waals surface area contributed by atoms with Crippen LogP contribution in [0.15, 0.2) is 42.5 Å². The first kappa shape index (κ1) is 19.6. The van der Waals surface area contributed by atoms with Crippen molar-refractivity contribution in [2.24, 2.45) is 0 Å². The van der Waals surface area contributed by atoms with Crippen molar-refractivity contribution in [3.63, 3.8) is 0 Å². The second kappa shape index (κ2) is 9.10. The number of hydrogen-bond donors (Lipinski definition) is 1. The summed E-state index contributed by atoms with van der Waals surface area (Å²) in [4.78, 5) is 24.2. The number of benzene rings is 2. The maximum Gasteiger partial charge on any atom is 0.338 e. The molecule has 6 nitrogen and oxygen atoms in total. The third-order valence-electron chi connectivity index (χ3n) is 3.65. The Labute approximate surface area is 157 Å². The first-order valence-electron chi connectivity index (χ1n) is 7.88. The minimum absolute atomic E-state index is 0.233. The van der Waals surface area contributed by atoms with Gasteiger partial charge in [0.1, 0.15) is 11.5 Å². The van der Waals surface area contributed by atoms with Gasteiger partial charge in [0.25, 0.3) is 5.91 Å². The Balaban J connectivity index is 1.93. The smallest absolute Gasteiger partial charge is 0.338 e. The van der Waals surface area contributed by atoms with Crippen LogP contribution in [0.2, 0.25) is 5.02 Å². The molecule has 0 aliphatic heterocycles. The van der Waals surface area contributed by atoms with Crippen LogP contribution in [-0.2, 0) is 9.53 Å². The van der Waals surface area contributed by atoms with E-state index >= 15 is 0 Å². The van der Waals surface area contributed by atoms with Crippen molar-refractivity contribution in [1.29, 1.82) is 0 Å². The molecule has 0 saturated heterocycles. The maximum atomic E-state index is 12.2. The molecule has 2 rings (SSSR count). The molecule has 1 atom stereocenters. The van der Waals surface area contributed by atoms with Crippen molar-refractivity contribution in [1.82, 2.24) is 5.32 Å². The number of hydrogen-bond acceptors (Lipinski definition) is 5. The third-order valence-corrected chi connectivity index (χ3v) is 3.88. The number of carbonyl (C=O) groups excluding carboxylic acids is 2. The van der Waals surface area contributed by atoms with Gasteiger partial charge in [-0.05, 0) is 36.8 Å². The molecule has 0 saturated carbocycles. The van der Waals surface area contributed by atoms with Gasteiger partial charge in [0.05, 0.1) is 25.8 Å². The predicted molar refractivity (Wildman–Crippen MR) is 97.8 cm³/mol. The lowest BCUT2D eigenvalue weighted by molar-refractivity contribution is -0.124. The van der Waals surface area contributed by atoms with Crippen LogP contribution in [0, 0.1) is 0 Å². The minimum Gasteiger partial charge on any atom is -0.497 e. The van der Waals surface area contributed by atoms with Crippen LogP contribution in [0.3, 0.4) is 0 Å². The van der Waals surface area contributed by atoms with Crippen LogP contribution in [-0.4, -0.2) is 32.7 Å². The number of amides is 1. The first-order chi connectivity index (χ1) is 12.4. The highest BCUT2D eigenvalue weighted by Gasteiger charge is 2.15. The number of ether oxygens (including phenoxy) is 3. The molecular weight excluding hydrogens is 358 g/mol. The van der Waals surface area contributed by atoms with Gasteiger partial charge < -0.3 is 19.5 Å². The van der Waals surface area contributed by atoms with Gasteiger partial charge in [0.15, 0.2) is 6.61 Å². The van der Waals surface area contributed by atoms with E-state index in [0.29, 0.717) is 16.5 Å². The topological polar surface area (TPSA) is 73.9 Å². The van der Waals surface area contributed by atoms with E-state index < -0.39 is 18.5 Å². The van der Waals surface area contributed by atoms with Gasteiger partial charge >= 0.3 is 5.97 Å². The highest BCUT2D eigenvalue weighted by atomic mass is 35.5. The average Bonchev–Trinajstić information content (AvgIpc) is 2.65. The first-order valence-corrected chi connectivity index (χ1v) is 8.25. The molecule has 0 heterocycles. The van der Waals surface area contributed by atoms with Crippen molar-refractivity contribution >= 4 is 23.5 Å². The quantitative estimate of drug-likeness (QED) is 0.748. The second-order valence-electron chi connectivity index (χ2n) is 5.52. The van der Waals surface area contributed by atoms with Gasteiger partial charge in [-0.3, -0.25) is 4.79 Å². The van der Waals surface area contributed by atoms with Gasteiger partial charge in [-0.15, -0.1) is 0 Å². The lowest BCUT2D eigenvalue weighted by Crippen LogP contribution is -2.31. The zero-order chi connectivity index (χ0) is 19.1. The van der Waals surface area contributed by atoms with E-state index in [9.17, 15) is 9.59 Å². The fourth-order valence-electron chi connectivity index (χ4n) is 2.28. The summed E-state index contributed by atoms with van der Waals surface area (Å²) < 4.78 is 15.3. The van der Waals surface area contributed by atoms with Crippen molar-refractivity contribution < 1.29 is 23.8 Å². The summed E-state index contributed by atoms with van der Waals surface area (Å²) in [7, 11) is 2.96. The summed E-state index contributed by atoms with van der Waals surface area (Å²) in [5.41, 5.74) is 1.09. The Bertz CT molecular complexity index is 771. The Hall–Kier alpha value is -2.73. The Morgan fingerprint density at radius 2 is 1.73 bits per heavy atom. The van der Waals surface area contributed by atoms with E-state index in [1.54, 1.807) is 24.3 Å². The van der Waals surface area contributed by atoms with Crippen LogP contribution in [0.5, 0.6) is 11.5 Å². The summed E-state index contributed by atoms with van der Waals surface area (Å²) in [6.45, 7) is 1.42. The van der Waals surface area contributed by atoms with Crippen molar-refractivity contribution in [2.75, 3.05) is 20.8 Å². The predicted octanol–water partition coefficient (Wildman–Crippen LogP) is 3.39. The highest BCUT2D eigenvalue weighted by Crippen LogP contribution is 2.23. The minimum atomic E-state index is -0.646.